The van der Waals surface area contributed by atoms with Gasteiger partial charge in [-0.15, -0.1) is 11.3 Å². The maximum Gasteiger partial charge on any atom is 0.151 e. The maximum atomic E-state index is 5.63. The lowest BCUT2D eigenvalue weighted by atomic mass is 9.95. The van der Waals surface area contributed by atoms with Gasteiger partial charge in [0.2, 0.25) is 0 Å². The Balaban J connectivity index is 1.47. The van der Waals surface area contributed by atoms with E-state index in [1.165, 1.54) is 0 Å². The molecule has 0 radical (unpaired) electrons. The minimum atomic E-state index is -0.0809. The number of furan rings is 1. The first kappa shape index (κ1) is 20.2. The quantitative estimate of drug-likeness (QED) is 0.323. The molecule has 0 aliphatic heterocycles. The molecule has 3 heterocycles. The normalized spacial score (nSPS) is 12.0. The summed E-state index contributed by atoms with van der Waals surface area (Å²) in [5.41, 5.74) is 5.31. The van der Waals surface area contributed by atoms with E-state index in [1.807, 2.05) is 42.0 Å². The van der Waals surface area contributed by atoms with Crippen molar-refractivity contribution in [3.05, 3.63) is 101 Å². The van der Waals surface area contributed by atoms with Crippen molar-refractivity contribution in [3.63, 3.8) is 0 Å². The van der Waals surface area contributed by atoms with Crippen LogP contribution in [0.3, 0.4) is 0 Å². The second kappa shape index (κ2) is 9.21. The summed E-state index contributed by atoms with van der Waals surface area (Å²) in [5, 5.41) is 14.1. The minimum absolute atomic E-state index is 0.0809. The van der Waals surface area contributed by atoms with Gasteiger partial charge in [-0.3, -0.25) is 10.4 Å². The van der Waals surface area contributed by atoms with Gasteiger partial charge in [-0.1, -0.05) is 36.4 Å². The fraction of sp³-hybridized carbons (Fsp3) is 0.120. The van der Waals surface area contributed by atoms with Crippen molar-refractivity contribution in [2.45, 2.75) is 12.6 Å². The molecule has 0 fully saturated rings. The Hall–Kier alpha value is -3.68. The Bertz CT molecular complexity index is 1240. The zero-order valence-electron chi connectivity index (χ0n) is 17.5. The molecule has 2 N–H and O–H groups in total. The van der Waals surface area contributed by atoms with Gasteiger partial charge >= 0.3 is 0 Å². The number of rotatable bonds is 8. The summed E-state index contributed by atoms with van der Waals surface area (Å²) in [6.45, 7) is 0.658. The zero-order valence-corrected chi connectivity index (χ0v) is 18.3. The van der Waals surface area contributed by atoms with Crippen LogP contribution in [0.5, 0.6) is 5.75 Å². The molecule has 0 amide bonds. The first-order chi connectivity index (χ1) is 15.8. The average Bonchev–Trinajstić information content (AvgIpc) is 3.62. The van der Waals surface area contributed by atoms with Crippen LogP contribution in [-0.2, 0) is 6.54 Å². The predicted molar refractivity (Wildman–Crippen MR) is 126 cm³/mol. The second-order valence-electron chi connectivity index (χ2n) is 7.27. The van der Waals surface area contributed by atoms with E-state index < -0.39 is 0 Å². The molecule has 1 unspecified atom stereocenters. The van der Waals surface area contributed by atoms with E-state index in [2.05, 4.69) is 56.9 Å². The number of aromatic nitrogens is 3. The van der Waals surface area contributed by atoms with Gasteiger partial charge in [0, 0.05) is 23.7 Å². The maximum absolute atomic E-state index is 5.63. The average molecular weight is 443 g/mol. The van der Waals surface area contributed by atoms with E-state index >= 15 is 0 Å². The molecule has 5 aromatic rings. The zero-order chi connectivity index (χ0) is 21.8. The highest BCUT2D eigenvalue weighted by Crippen LogP contribution is 2.32. The van der Waals surface area contributed by atoms with E-state index in [-0.39, 0.29) is 6.04 Å². The molecule has 2 aromatic carbocycles. The van der Waals surface area contributed by atoms with Gasteiger partial charge in [-0.25, -0.2) is 4.98 Å². The number of hydrogen-bond acceptors (Lipinski definition) is 6. The third-order valence-corrected chi connectivity index (χ3v) is 6.14. The number of hydrogen-bond donors (Lipinski definition) is 2. The van der Waals surface area contributed by atoms with Gasteiger partial charge in [0.1, 0.15) is 16.5 Å². The number of ether oxygens (including phenoxy) is 1. The molecule has 0 aliphatic carbocycles. The number of nitrogens with one attached hydrogen (secondary N) is 2. The minimum Gasteiger partial charge on any atom is -0.497 e. The molecule has 0 saturated carbocycles. The summed E-state index contributed by atoms with van der Waals surface area (Å²) in [6.07, 6.45) is 5.35. The smallest absolute Gasteiger partial charge is 0.151 e. The number of methoxy groups -OCH3 is 1. The van der Waals surface area contributed by atoms with Crippen LogP contribution in [0.2, 0.25) is 0 Å². The Morgan fingerprint density at radius 3 is 2.50 bits per heavy atom. The molecule has 6 nitrogen and oxygen atoms in total. The van der Waals surface area contributed by atoms with Gasteiger partial charge in [0.25, 0.3) is 0 Å². The Morgan fingerprint density at radius 2 is 1.84 bits per heavy atom. The van der Waals surface area contributed by atoms with E-state index in [4.69, 9.17) is 9.15 Å². The van der Waals surface area contributed by atoms with Crippen molar-refractivity contribution in [1.29, 1.82) is 0 Å². The molecule has 160 valence electrons. The first-order valence-electron chi connectivity index (χ1n) is 10.2. The lowest BCUT2D eigenvalue weighted by Crippen LogP contribution is -2.22. The second-order valence-corrected chi connectivity index (χ2v) is 8.25. The molecule has 0 aliphatic rings. The van der Waals surface area contributed by atoms with E-state index in [9.17, 15) is 0 Å². The summed E-state index contributed by atoms with van der Waals surface area (Å²) in [7, 11) is 1.68. The highest BCUT2D eigenvalue weighted by molar-refractivity contribution is 7.09. The van der Waals surface area contributed by atoms with E-state index in [0.29, 0.717) is 6.54 Å². The molecular weight excluding hydrogens is 420 g/mol. The molecule has 1 atom stereocenters. The van der Waals surface area contributed by atoms with Gasteiger partial charge in [-0.2, -0.15) is 5.10 Å². The van der Waals surface area contributed by atoms with E-state index in [1.54, 1.807) is 24.7 Å². The molecule has 7 heteroatoms. The fourth-order valence-corrected chi connectivity index (χ4v) is 4.29. The molecular formula is C25H22N4O2S. The first-order valence-corrected chi connectivity index (χ1v) is 11.1. The SMILES string of the molecule is COc1ccc(-c2ccc(C(NCc3nccs3)c3cn[nH]c3-c3ccco3)cc2)cc1. The standard InChI is InChI=1S/C25H22N4O2S/c1-30-20-10-8-18(9-11-20)17-4-6-19(7-5-17)24(27-16-23-26-12-14-32-23)21-15-28-29-25(21)22-3-2-13-31-22/h2-15,24,27H,16H2,1H3,(H,28,29). The molecule has 0 bridgehead atoms. The summed E-state index contributed by atoms with van der Waals surface area (Å²) in [6, 6.07) is 20.4. The lowest BCUT2D eigenvalue weighted by molar-refractivity contribution is 0.415. The third kappa shape index (κ3) is 4.21. The number of aromatic amines is 1. The Kier molecular flexibility index (Phi) is 5.83. The fourth-order valence-electron chi connectivity index (χ4n) is 3.72. The van der Waals surface area contributed by atoms with Crippen LogP contribution in [0.15, 0.2) is 89.1 Å². The van der Waals surface area contributed by atoms with Crippen molar-refractivity contribution < 1.29 is 9.15 Å². The van der Waals surface area contributed by atoms with Gasteiger partial charge in [0.05, 0.1) is 25.6 Å². The summed E-state index contributed by atoms with van der Waals surface area (Å²) < 4.78 is 10.9. The number of nitrogens with zero attached hydrogens (tertiary/aromatic N) is 2. The lowest BCUT2D eigenvalue weighted by Gasteiger charge is -2.19. The van der Waals surface area contributed by atoms with E-state index in [0.717, 1.165) is 44.5 Å². The van der Waals surface area contributed by atoms with Crippen molar-refractivity contribution >= 4 is 11.3 Å². The van der Waals surface area contributed by atoms with Crippen LogP contribution in [0.4, 0.5) is 0 Å². The molecule has 0 spiro atoms. The Morgan fingerprint density at radius 1 is 1.06 bits per heavy atom. The van der Waals surface area contributed by atoms with Crippen LogP contribution in [-0.4, -0.2) is 22.3 Å². The van der Waals surface area contributed by atoms with Crippen LogP contribution in [0.1, 0.15) is 22.2 Å². The highest BCUT2D eigenvalue weighted by atomic mass is 32.1. The largest absolute Gasteiger partial charge is 0.497 e. The number of benzene rings is 2. The van der Waals surface area contributed by atoms with Crippen LogP contribution in [0, 0.1) is 0 Å². The van der Waals surface area contributed by atoms with Gasteiger partial charge in [-0.05, 0) is 41.0 Å². The highest BCUT2D eigenvalue weighted by Gasteiger charge is 2.21. The van der Waals surface area contributed by atoms with Crippen LogP contribution in [0.25, 0.3) is 22.6 Å². The van der Waals surface area contributed by atoms with Crippen LogP contribution < -0.4 is 10.1 Å². The Labute approximate surface area is 189 Å². The number of H-pyrrole nitrogens is 1. The molecule has 5 rings (SSSR count). The number of thiazole rings is 1. The van der Waals surface area contributed by atoms with Gasteiger partial charge < -0.3 is 9.15 Å². The predicted octanol–water partition coefficient (Wildman–Crippen LogP) is 5.68. The van der Waals surface area contributed by atoms with Crippen molar-refractivity contribution in [2.24, 2.45) is 0 Å². The van der Waals surface area contributed by atoms with Gasteiger partial charge in [0.15, 0.2) is 5.76 Å². The van der Waals surface area contributed by atoms with Crippen molar-refractivity contribution in [1.82, 2.24) is 20.5 Å². The van der Waals surface area contributed by atoms with Crippen molar-refractivity contribution in [3.8, 4) is 28.3 Å². The van der Waals surface area contributed by atoms with Crippen molar-refractivity contribution in [2.75, 3.05) is 7.11 Å². The summed E-state index contributed by atoms with van der Waals surface area (Å²) in [4.78, 5) is 4.41. The summed E-state index contributed by atoms with van der Waals surface area (Å²) >= 11 is 1.64. The molecule has 32 heavy (non-hydrogen) atoms. The monoisotopic (exact) mass is 442 g/mol. The molecule has 0 saturated heterocycles. The van der Waals surface area contributed by atoms with Crippen LogP contribution >= 0.6 is 11.3 Å². The molecule has 3 aromatic heterocycles. The topological polar surface area (TPSA) is 76.0 Å². The third-order valence-electron chi connectivity index (χ3n) is 5.36. The summed E-state index contributed by atoms with van der Waals surface area (Å²) in [5.74, 6) is 1.61.